The van der Waals surface area contributed by atoms with E-state index < -0.39 is 0 Å². The molecular weight excluding hydrogens is 278 g/mol. The summed E-state index contributed by atoms with van der Waals surface area (Å²) in [4.78, 5) is 14.6. The second kappa shape index (κ2) is 8.18. The van der Waals surface area contributed by atoms with Gasteiger partial charge in [0.05, 0.1) is 12.5 Å². The zero-order valence-electron chi connectivity index (χ0n) is 13.6. The maximum Gasteiger partial charge on any atom is 0.227 e. The van der Waals surface area contributed by atoms with Gasteiger partial charge >= 0.3 is 0 Å². The molecule has 1 amide bonds. The number of aromatic hydroxyl groups is 1. The van der Waals surface area contributed by atoms with Crippen LogP contribution in [0.5, 0.6) is 5.75 Å². The highest BCUT2D eigenvalue weighted by Crippen LogP contribution is 2.23. The highest BCUT2D eigenvalue weighted by atomic mass is 16.5. The topological polar surface area (TPSA) is 49.8 Å². The minimum Gasteiger partial charge on any atom is -0.508 e. The van der Waals surface area contributed by atoms with Crippen LogP contribution in [0.15, 0.2) is 24.3 Å². The van der Waals surface area contributed by atoms with Crippen molar-refractivity contribution in [3.05, 3.63) is 29.8 Å². The van der Waals surface area contributed by atoms with Crippen LogP contribution in [0, 0.1) is 0 Å². The summed E-state index contributed by atoms with van der Waals surface area (Å²) < 4.78 is 5.63. The molecule has 1 aliphatic heterocycles. The number of rotatable bonds is 6. The maximum atomic E-state index is 12.6. The van der Waals surface area contributed by atoms with Gasteiger partial charge in [0.15, 0.2) is 0 Å². The number of piperidine rings is 1. The van der Waals surface area contributed by atoms with E-state index in [1.54, 1.807) is 12.1 Å². The van der Waals surface area contributed by atoms with Crippen LogP contribution in [0.3, 0.4) is 0 Å². The number of hydrogen-bond acceptors (Lipinski definition) is 3. The maximum absolute atomic E-state index is 12.6. The molecule has 4 nitrogen and oxygen atoms in total. The van der Waals surface area contributed by atoms with E-state index in [1.807, 2.05) is 30.9 Å². The van der Waals surface area contributed by atoms with Crippen molar-refractivity contribution in [3.63, 3.8) is 0 Å². The lowest BCUT2D eigenvalue weighted by Gasteiger charge is -2.36. The molecule has 0 bridgehead atoms. The molecule has 1 saturated heterocycles. The summed E-state index contributed by atoms with van der Waals surface area (Å²) in [6, 6.07) is 7.34. The fraction of sp³-hybridized carbons (Fsp3) is 0.611. The molecule has 0 aliphatic carbocycles. The number of ether oxygens (including phenoxy) is 1. The molecule has 0 aromatic heterocycles. The van der Waals surface area contributed by atoms with Crippen LogP contribution in [-0.4, -0.2) is 41.2 Å². The van der Waals surface area contributed by atoms with Crippen LogP contribution in [0.1, 0.15) is 45.1 Å². The Labute approximate surface area is 133 Å². The van der Waals surface area contributed by atoms with Crippen molar-refractivity contribution >= 4 is 5.91 Å². The number of carbonyl (C=O) groups excluding carboxylic acids is 1. The van der Waals surface area contributed by atoms with Crippen molar-refractivity contribution in [1.82, 2.24) is 4.90 Å². The number of nitrogens with zero attached hydrogens (tertiary/aromatic N) is 1. The number of phenols is 1. The minimum atomic E-state index is 0.107. The van der Waals surface area contributed by atoms with Gasteiger partial charge in [-0.05, 0) is 45.6 Å². The lowest BCUT2D eigenvalue weighted by atomic mass is 9.98. The van der Waals surface area contributed by atoms with Crippen LogP contribution in [0.4, 0.5) is 0 Å². The number of carbonyl (C=O) groups is 1. The molecule has 0 spiro atoms. The van der Waals surface area contributed by atoms with Gasteiger partial charge in [0.2, 0.25) is 5.91 Å². The quantitative estimate of drug-likeness (QED) is 0.878. The average Bonchev–Trinajstić information content (AvgIpc) is 2.49. The fourth-order valence-electron chi connectivity index (χ4n) is 2.99. The van der Waals surface area contributed by atoms with E-state index in [2.05, 4.69) is 0 Å². The van der Waals surface area contributed by atoms with Crippen LogP contribution < -0.4 is 0 Å². The predicted octanol–water partition coefficient (Wildman–Crippen LogP) is 3.13. The second-order valence-corrected chi connectivity index (χ2v) is 6.25. The largest absolute Gasteiger partial charge is 0.508 e. The monoisotopic (exact) mass is 305 g/mol. The van der Waals surface area contributed by atoms with Crippen molar-refractivity contribution in [3.8, 4) is 5.75 Å². The van der Waals surface area contributed by atoms with Crippen LogP contribution >= 0.6 is 0 Å². The Kier molecular flexibility index (Phi) is 6.25. The van der Waals surface area contributed by atoms with Crippen molar-refractivity contribution in [2.45, 2.75) is 58.1 Å². The molecule has 1 N–H and O–H groups in total. The number of amides is 1. The van der Waals surface area contributed by atoms with Crippen LogP contribution in [-0.2, 0) is 16.0 Å². The van der Waals surface area contributed by atoms with E-state index in [4.69, 9.17) is 4.74 Å². The standard InChI is InChI=1S/C18H27NO3/c1-14(2)22-12-10-16-8-5-6-11-19(16)18(21)13-15-7-3-4-9-17(15)20/h3-4,7,9,14,16,20H,5-6,8,10-13H2,1-2H3/t16-/m0/s1. The van der Waals surface area contributed by atoms with E-state index in [0.717, 1.165) is 25.8 Å². The molecule has 0 radical (unpaired) electrons. The summed E-state index contributed by atoms with van der Waals surface area (Å²) in [5.41, 5.74) is 0.704. The Morgan fingerprint density at radius 2 is 2.14 bits per heavy atom. The lowest BCUT2D eigenvalue weighted by Crippen LogP contribution is -2.45. The van der Waals surface area contributed by atoms with Crippen molar-refractivity contribution < 1.29 is 14.6 Å². The van der Waals surface area contributed by atoms with Gasteiger partial charge in [-0.1, -0.05) is 18.2 Å². The summed E-state index contributed by atoms with van der Waals surface area (Å²) in [5.74, 6) is 0.309. The van der Waals surface area contributed by atoms with Crippen LogP contribution in [0.25, 0.3) is 0 Å². The van der Waals surface area contributed by atoms with Gasteiger partial charge in [0.25, 0.3) is 0 Å². The van der Waals surface area contributed by atoms with Crippen LogP contribution in [0.2, 0.25) is 0 Å². The first kappa shape index (κ1) is 16.8. The zero-order valence-corrected chi connectivity index (χ0v) is 13.6. The first-order valence-corrected chi connectivity index (χ1v) is 8.26. The number of likely N-dealkylation sites (tertiary alicyclic amines) is 1. The van der Waals surface area contributed by atoms with Gasteiger partial charge in [-0.15, -0.1) is 0 Å². The molecular formula is C18H27NO3. The van der Waals surface area contributed by atoms with Crippen molar-refractivity contribution in [1.29, 1.82) is 0 Å². The zero-order chi connectivity index (χ0) is 15.9. The molecule has 2 rings (SSSR count). The SMILES string of the molecule is CC(C)OCC[C@@H]1CCCCN1C(=O)Cc1ccccc1O. The highest BCUT2D eigenvalue weighted by molar-refractivity contribution is 5.79. The molecule has 1 atom stereocenters. The van der Waals surface area contributed by atoms with Gasteiger partial charge in [0.1, 0.15) is 5.75 Å². The molecule has 1 aromatic carbocycles. The van der Waals surface area contributed by atoms with E-state index in [9.17, 15) is 9.90 Å². The van der Waals surface area contributed by atoms with Gasteiger partial charge in [0, 0.05) is 24.8 Å². The number of para-hydroxylation sites is 1. The van der Waals surface area contributed by atoms with E-state index in [-0.39, 0.29) is 30.2 Å². The van der Waals surface area contributed by atoms with Gasteiger partial charge < -0.3 is 14.7 Å². The molecule has 122 valence electrons. The normalized spacial score (nSPS) is 18.7. The molecule has 0 unspecified atom stereocenters. The van der Waals surface area contributed by atoms with Gasteiger partial charge in [-0.25, -0.2) is 0 Å². The molecule has 1 aromatic rings. The molecule has 4 heteroatoms. The Balaban J connectivity index is 1.94. The summed E-state index contributed by atoms with van der Waals surface area (Å²) in [6.07, 6.45) is 4.68. The highest BCUT2D eigenvalue weighted by Gasteiger charge is 2.26. The molecule has 1 heterocycles. The first-order valence-electron chi connectivity index (χ1n) is 8.26. The smallest absolute Gasteiger partial charge is 0.227 e. The van der Waals surface area contributed by atoms with E-state index in [1.165, 1.54) is 6.42 Å². The molecule has 22 heavy (non-hydrogen) atoms. The third kappa shape index (κ3) is 4.73. The first-order chi connectivity index (χ1) is 10.6. The van der Waals surface area contributed by atoms with Crippen molar-refractivity contribution in [2.24, 2.45) is 0 Å². The minimum absolute atomic E-state index is 0.107. The average molecular weight is 305 g/mol. The fourth-order valence-corrected chi connectivity index (χ4v) is 2.99. The van der Waals surface area contributed by atoms with Gasteiger partial charge in [-0.3, -0.25) is 4.79 Å². The number of hydrogen-bond donors (Lipinski definition) is 1. The summed E-state index contributed by atoms with van der Waals surface area (Å²) >= 11 is 0. The Hall–Kier alpha value is -1.55. The third-order valence-corrected chi connectivity index (χ3v) is 4.18. The number of phenolic OH excluding ortho intramolecular Hbond substituents is 1. The van der Waals surface area contributed by atoms with Gasteiger partial charge in [-0.2, -0.15) is 0 Å². The summed E-state index contributed by atoms with van der Waals surface area (Å²) in [6.45, 7) is 5.57. The van der Waals surface area contributed by atoms with E-state index in [0.29, 0.717) is 12.2 Å². The molecule has 0 saturated carbocycles. The summed E-state index contributed by atoms with van der Waals surface area (Å²) in [5, 5.41) is 9.84. The molecule has 1 aliphatic rings. The predicted molar refractivity (Wildman–Crippen MR) is 86.9 cm³/mol. The lowest BCUT2D eigenvalue weighted by molar-refractivity contribution is -0.134. The second-order valence-electron chi connectivity index (χ2n) is 6.25. The number of benzene rings is 1. The summed E-state index contributed by atoms with van der Waals surface area (Å²) in [7, 11) is 0. The Morgan fingerprint density at radius 1 is 1.36 bits per heavy atom. The van der Waals surface area contributed by atoms with E-state index >= 15 is 0 Å². The Morgan fingerprint density at radius 3 is 2.86 bits per heavy atom. The Bertz CT molecular complexity index is 487. The van der Waals surface area contributed by atoms with Crippen molar-refractivity contribution in [2.75, 3.05) is 13.2 Å². The molecule has 1 fully saturated rings. The third-order valence-electron chi connectivity index (χ3n) is 4.18.